The number of nitrogens with zero attached hydrogens (tertiary/aromatic N) is 5. The van der Waals surface area contributed by atoms with Gasteiger partial charge in [0.1, 0.15) is 12.3 Å². The van der Waals surface area contributed by atoms with Crippen LogP contribution >= 0.6 is 0 Å². The highest BCUT2D eigenvalue weighted by atomic mass is 16.7. The van der Waals surface area contributed by atoms with E-state index in [-0.39, 0.29) is 19.2 Å². The third-order valence-electron chi connectivity index (χ3n) is 4.05. The molecule has 0 fully saturated rings. The van der Waals surface area contributed by atoms with E-state index in [1.54, 1.807) is 24.4 Å². The highest BCUT2D eigenvalue weighted by molar-refractivity contribution is 5.82. The van der Waals surface area contributed by atoms with E-state index in [9.17, 15) is 4.79 Å². The van der Waals surface area contributed by atoms with Crippen LogP contribution in [0.5, 0.6) is 17.2 Å². The zero-order valence-corrected chi connectivity index (χ0v) is 15.6. The molecule has 148 valence electrons. The Balaban J connectivity index is 1.37. The molecule has 0 saturated heterocycles. The summed E-state index contributed by atoms with van der Waals surface area (Å²) in [6, 6.07) is 12.7. The van der Waals surface area contributed by atoms with Crippen LogP contribution in [0.25, 0.3) is 11.4 Å². The number of ether oxygens (including phenoxy) is 3. The minimum absolute atomic E-state index is 0.0859. The monoisotopic (exact) mass is 394 g/mol. The van der Waals surface area contributed by atoms with Gasteiger partial charge in [-0.2, -0.15) is 5.10 Å². The fraction of sp³-hybridized carbons (Fsp3) is 0.211. The van der Waals surface area contributed by atoms with Crippen molar-refractivity contribution >= 4 is 12.1 Å². The highest BCUT2D eigenvalue weighted by Gasteiger charge is 2.17. The Hall–Kier alpha value is -3.95. The minimum Gasteiger partial charge on any atom is -0.494 e. The maximum Gasteiger partial charge on any atom is 0.261 e. The van der Waals surface area contributed by atoms with E-state index in [2.05, 4.69) is 26.1 Å². The molecule has 0 atom stereocenters. The van der Waals surface area contributed by atoms with E-state index < -0.39 is 0 Å². The van der Waals surface area contributed by atoms with Crippen molar-refractivity contribution in [2.24, 2.45) is 5.10 Å². The standard InChI is InChI=1S/C19H18N6O4/c1-2-27-15-6-3-13(4-7-15)10-20-21-18(26)11-25-19(22-23-24-25)14-5-8-16-17(9-14)29-12-28-16/h3-10H,2,11-12H2,1H3,(H,21,26)/b20-10+. The van der Waals surface area contributed by atoms with E-state index in [1.807, 2.05) is 31.2 Å². The molecule has 3 aromatic rings. The summed E-state index contributed by atoms with van der Waals surface area (Å²) in [5, 5.41) is 15.5. The molecule has 0 spiro atoms. The molecule has 1 aliphatic rings. The van der Waals surface area contributed by atoms with Crippen molar-refractivity contribution in [1.82, 2.24) is 25.6 Å². The molecule has 1 aromatic heterocycles. The Kier molecular flexibility index (Phi) is 5.32. The molecule has 29 heavy (non-hydrogen) atoms. The first-order chi connectivity index (χ1) is 14.2. The van der Waals surface area contributed by atoms with Gasteiger partial charge in [-0.1, -0.05) is 0 Å². The van der Waals surface area contributed by atoms with Crippen LogP contribution in [-0.2, 0) is 11.3 Å². The maximum atomic E-state index is 12.2. The normalized spacial score (nSPS) is 12.3. The van der Waals surface area contributed by atoms with Gasteiger partial charge in [0.15, 0.2) is 17.3 Å². The number of benzene rings is 2. The van der Waals surface area contributed by atoms with Crippen LogP contribution in [0.2, 0.25) is 0 Å². The summed E-state index contributed by atoms with van der Waals surface area (Å²) in [7, 11) is 0. The number of hydrazone groups is 1. The molecule has 10 nitrogen and oxygen atoms in total. The zero-order valence-electron chi connectivity index (χ0n) is 15.6. The first kappa shape index (κ1) is 18.4. The van der Waals surface area contributed by atoms with Gasteiger partial charge in [-0.25, -0.2) is 10.1 Å². The van der Waals surface area contributed by atoms with Crippen LogP contribution < -0.4 is 19.6 Å². The Morgan fingerprint density at radius 3 is 2.90 bits per heavy atom. The molecule has 1 amide bonds. The van der Waals surface area contributed by atoms with Crippen molar-refractivity contribution in [3.8, 4) is 28.6 Å². The van der Waals surface area contributed by atoms with Gasteiger partial charge in [0.05, 0.1) is 12.8 Å². The van der Waals surface area contributed by atoms with Crippen molar-refractivity contribution < 1.29 is 19.0 Å². The topological polar surface area (TPSA) is 113 Å². The third-order valence-corrected chi connectivity index (χ3v) is 4.05. The molecule has 1 N–H and O–H groups in total. The molecule has 2 aromatic carbocycles. The molecule has 0 aliphatic carbocycles. The molecule has 0 bridgehead atoms. The number of hydrogen-bond donors (Lipinski definition) is 1. The predicted molar refractivity (Wildman–Crippen MR) is 103 cm³/mol. The summed E-state index contributed by atoms with van der Waals surface area (Å²) >= 11 is 0. The first-order valence-corrected chi connectivity index (χ1v) is 8.94. The molecule has 0 saturated carbocycles. The van der Waals surface area contributed by atoms with Crippen molar-refractivity contribution in [3.05, 3.63) is 48.0 Å². The lowest BCUT2D eigenvalue weighted by Crippen LogP contribution is -2.24. The van der Waals surface area contributed by atoms with Gasteiger partial charge in [0, 0.05) is 5.56 Å². The van der Waals surface area contributed by atoms with Crippen molar-refractivity contribution in [1.29, 1.82) is 0 Å². The average molecular weight is 394 g/mol. The summed E-state index contributed by atoms with van der Waals surface area (Å²) in [5.41, 5.74) is 4.01. The maximum absolute atomic E-state index is 12.2. The SMILES string of the molecule is CCOc1ccc(/C=N/NC(=O)Cn2nnnc2-c2ccc3c(c2)OCO3)cc1. The second kappa shape index (κ2) is 8.38. The number of aromatic nitrogens is 4. The van der Waals surface area contributed by atoms with E-state index in [0.29, 0.717) is 29.5 Å². The van der Waals surface area contributed by atoms with Gasteiger partial charge in [-0.15, -0.1) is 5.10 Å². The Bertz CT molecular complexity index is 1030. The number of fused-ring (bicyclic) bond motifs is 1. The highest BCUT2D eigenvalue weighted by Crippen LogP contribution is 2.35. The first-order valence-electron chi connectivity index (χ1n) is 8.94. The minimum atomic E-state index is -0.360. The Labute approximate surface area is 166 Å². The molecule has 4 rings (SSSR count). The number of amides is 1. The van der Waals surface area contributed by atoms with Gasteiger partial charge in [-0.05, 0) is 65.4 Å². The second-order valence-electron chi connectivity index (χ2n) is 6.02. The van der Waals surface area contributed by atoms with Crippen molar-refractivity contribution in [2.45, 2.75) is 13.5 Å². The largest absolute Gasteiger partial charge is 0.494 e. The third kappa shape index (κ3) is 4.32. The number of tetrazole rings is 1. The summed E-state index contributed by atoms with van der Waals surface area (Å²) in [6.07, 6.45) is 1.55. The molecule has 1 aliphatic heterocycles. The van der Waals surface area contributed by atoms with Gasteiger partial charge in [0.2, 0.25) is 6.79 Å². The average Bonchev–Trinajstić information content (AvgIpc) is 3.38. The van der Waals surface area contributed by atoms with Crippen molar-refractivity contribution in [2.75, 3.05) is 13.4 Å². The lowest BCUT2D eigenvalue weighted by atomic mass is 10.2. The molecule has 2 heterocycles. The number of carbonyl (C=O) groups excluding carboxylic acids is 1. The fourth-order valence-corrected chi connectivity index (χ4v) is 2.72. The van der Waals surface area contributed by atoms with E-state index in [0.717, 1.165) is 11.3 Å². The van der Waals surface area contributed by atoms with E-state index in [4.69, 9.17) is 14.2 Å². The Morgan fingerprint density at radius 1 is 1.24 bits per heavy atom. The van der Waals surface area contributed by atoms with Crippen LogP contribution in [-0.4, -0.2) is 45.7 Å². The number of rotatable bonds is 7. The number of carbonyl (C=O) groups is 1. The second-order valence-corrected chi connectivity index (χ2v) is 6.02. The lowest BCUT2D eigenvalue weighted by Gasteiger charge is -2.05. The van der Waals surface area contributed by atoms with Gasteiger partial charge in [-0.3, -0.25) is 4.79 Å². The number of nitrogens with one attached hydrogen (secondary N) is 1. The van der Waals surface area contributed by atoms with Gasteiger partial charge in [0.25, 0.3) is 5.91 Å². The van der Waals surface area contributed by atoms with Gasteiger partial charge < -0.3 is 14.2 Å². The van der Waals surface area contributed by atoms with Crippen LogP contribution in [0, 0.1) is 0 Å². The van der Waals surface area contributed by atoms with Crippen LogP contribution in [0.1, 0.15) is 12.5 Å². The zero-order chi connectivity index (χ0) is 20.1. The number of hydrogen-bond acceptors (Lipinski definition) is 8. The molecule has 10 heteroatoms. The summed E-state index contributed by atoms with van der Waals surface area (Å²) in [5.74, 6) is 2.13. The summed E-state index contributed by atoms with van der Waals surface area (Å²) in [4.78, 5) is 12.2. The van der Waals surface area contributed by atoms with Gasteiger partial charge >= 0.3 is 0 Å². The Morgan fingerprint density at radius 2 is 2.07 bits per heavy atom. The fourth-order valence-electron chi connectivity index (χ4n) is 2.72. The quantitative estimate of drug-likeness (QED) is 0.478. The van der Waals surface area contributed by atoms with E-state index >= 15 is 0 Å². The molecule has 0 radical (unpaired) electrons. The predicted octanol–water partition coefficient (Wildman–Crippen LogP) is 1.62. The van der Waals surface area contributed by atoms with Crippen molar-refractivity contribution in [3.63, 3.8) is 0 Å². The molecule has 0 unspecified atom stereocenters. The van der Waals surface area contributed by atoms with E-state index in [1.165, 1.54) is 4.68 Å². The summed E-state index contributed by atoms with van der Waals surface area (Å²) < 4.78 is 17.4. The van der Waals surface area contributed by atoms with Crippen LogP contribution in [0.3, 0.4) is 0 Å². The molecular weight excluding hydrogens is 376 g/mol. The van der Waals surface area contributed by atoms with Crippen LogP contribution in [0.15, 0.2) is 47.6 Å². The molecular formula is C19H18N6O4. The lowest BCUT2D eigenvalue weighted by molar-refractivity contribution is -0.121. The summed E-state index contributed by atoms with van der Waals surface area (Å²) in [6.45, 7) is 2.62. The smallest absolute Gasteiger partial charge is 0.261 e. The van der Waals surface area contributed by atoms with Crippen LogP contribution in [0.4, 0.5) is 0 Å².